The lowest BCUT2D eigenvalue weighted by Gasteiger charge is -2.14. The molecule has 0 amide bonds. The van der Waals surface area contributed by atoms with E-state index in [1.807, 2.05) is 0 Å². The molecule has 0 unspecified atom stereocenters. The molecule has 0 bridgehead atoms. The number of hydrogen-bond acceptors (Lipinski definition) is 2. The van der Waals surface area contributed by atoms with Crippen LogP contribution in [0.15, 0.2) is 0 Å². The summed E-state index contributed by atoms with van der Waals surface area (Å²) >= 11 is 2.38. The zero-order chi connectivity index (χ0) is 10.8. The molecule has 0 N–H and O–H groups in total. The minimum absolute atomic E-state index is 1.04. The van der Waals surface area contributed by atoms with E-state index in [0.717, 1.165) is 18.8 Å². The molecule has 3 nitrogen and oxygen atoms in total. The lowest BCUT2D eigenvalue weighted by atomic mass is 10.4. The van der Waals surface area contributed by atoms with Crippen molar-refractivity contribution in [2.75, 3.05) is 19.6 Å². The maximum absolute atomic E-state index is 4.55. The highest BCUT2D eigenvalue weighted by Crippen LogP contribution is 2.15. The molecular weight excluding hydrogens is 301 g/mol. The maximum atomic E-state index is 4.55. The Morgan fingerprint density at radius 2 is 1.87 bits per heavy atom. The highest BCUT2D eigenvalue weighted by molar-refractivity contribution is 14.1. The van der Waals surface area contributed by atoms with Gasteiger partial charge in [-0.25, -0.2) is 0 Å². The summed E-state index contributed by atoms with van der Waals surface area (Å²) in [6.45, 7) is 8.98. The van der Waals surface area contributed by atoms with E-state index >= 15 is 0 Å². The van der Waals surface area contributed by atoms with Gasteiger partial charge in [-0.05, 0) is 62.4 Å². The van der Waals surface area contributed by atoms with Gasteiger partial charge in [0.05, 0.1) is 15.8 Å². The van der Waals surface area contributed by atoms with E-state index in [4.69, 9.17) is 0 Å². The SMILES string of the molecule is Cc1nn(CCN2CCCC2)c(C)c1I. The number of hydrogen-bond donors (Lipinski definition) is 0. The Balaban J connectivity index is 1.95. The van der Waals surface area contributed by atoms with E-state index in [1.54, 1.807) is 0 Å². The minimum Gasteiger partial charge on any atom is -0.301 e. The Morgan fingerprint density at radius 3 is 2.40 bits per heavy atom. The molecule has 1 aromatic heterocycles. The first-order valence-electron chi connectivity index (χ1n) is 5.60. The minimum atomic E-state index is 1.04. The largest absolute Gasteiger partial charge is 0.301 e. The van der Waals surface area contributed by atoms with Crippen molar-refractivity contribution < 1.29 is 0 Å². The van der Waals surface area contributed by atoms with Gasteiger partial charge < -0.3 is 4.90 Å². The van der Waals surface area contributed by atoms with Crippen LogP contribution >= 0.6 is 22.6 Å². The van der Waals surface area contributed by atoms with E-state index in [1.165, 1.54) is 35.2 Å². The van der Waals surface area contributed by atoms with Crippen LogP contribution in [0.2, 0.25) is 0 Å². The molecule has 1 aromatic rings. The van der Waals surface area contributed by atoms with Crippen LogP contribution in [0.25, 0.3) is 0 Å². The molecule has 15 heavy (non-hydrogen) atoms. The van der Waals surface area contributed by atoms with Crippen LogP contribution in [0.4, 0.5) is 0 Å². The van der Waals surface area contributed by atoms with Crippen molar-refractivity contribution in [2.24, 2.45) is 0 Å². The third-order valence-corrected chi connectivity index (χ3v) is 4.68. The second-order valence-corrected chi connectivity index (χ2v) is 5.34. The average molecular weight is 319 g/mol. The van der Waals surface area contributed by atoms with Crippen LogP contribution in [0.3, 0.4) is 0 Å². The Morgan fingerprint density at radius 1 is 1.20 bits per heavy atom. The zero-order valence-electron chi connectivity index (χ0n) is 9.46. The molecule has 0 saturated carbocycles. The van der Waals surface area contributed by atoms with Crippen LogP contribution in [-0.2, 0) is 6.54 Å². The topological polar surface area (TPSA) is 21.1 Å². The summed E-state index contributed by atoms with van der Waals surface area (Å²) in [5, 5.41) is 4.55. The number of aromatic nitrogens is 2. The van der Waals surface area contributed by atoms with E-state index in [9.17, 15) is 0 Å². The van der Waals surface area contributed by atoms with Gasteiger partial charge in [-0.2, -0.15) is 5.10 Å². The van der Waals surface area contributed by atoms with Crippen molar-refractivity contribution in [2.45, 2.75) is 33.2 Å². The first kappa shape index (κ1) is 11.4. The Labute approximate surface area is 105 Å². The van der Waals surface area contributed by atoms with Crippen LogP contribution in [0.5, 0.6) is 0 Å². The second kappa shape index (κ2) is 4.82. The molecule has 84 valence electrons. The van der Waals surface area contributed by atoms with Crippen molar-refractivity contribution in [3.63, 3.8) is 0 Å². The molecule has 1 saturated heterocycles. The summed E-state index contributed by atoms with van der Waals surface area (Å²) in [7, 11) is 0. The van der Waals surface area contributed by atoms with E-state index in [2.05, 4.69) is 51.1 Å². The molecule has 0 aliphatic carbocycles. The van der Waals surface area contributed by atoms with Gasteiger partial charge in [-0.3, -0.25) is 4.68 Å². The molecule has 2 rings (SSSR count). The molecule has 0 radical (unpaired) electrons. The summed E-state index contributed by atoms with van der Waals surface area (Å²) in [5.41, 5.74) is 2.47. The quantitative estimate of drug-likeness (QED) is 0.797. The molecule has 2 heterocycles. The standard InChI is InChI=1S/C11H18IN3/c1-9-11(12)10(2)15(13-9)8-7-14-5-3-4-6-14/h3-8H2,1-2H3. The van der Waals surface area contributed by atoms with Crippen LogP contribution in [-0.4, -0.2) is 34.3 Å². The number of rotatable bonds is 3. The third-order valence-electron chi connectivity index (χ3n) is 3.12. The van der Waals surface area contributed by atoms with Crippen molar-refractivity contribution in [3.8, 4) is 0 Å². The first-order valence-corrected chi connectivity index (χ1v) is 6.68. The monoisotopic (exact) mass is 319 g/mol. The van der Waals surface area contributed by atoms with Crippen molar-refractivity contribution in [1.29, 1.82) is 0 Å². The summed E-state index contributed by atoms with van der Waals surface area (Å²) in [4.78, 5) is 2.53. The van der Waals surface area contributed by atoms with Crippen molar-refractivity contribution in [3.05, 3.63) is 15.0 Å². The average Bonchev–Trinajstić information content (AvgIpc) is 2.80. The molecule has 1 fully saturated rings. The van der Waals surface area contributed by atoms with Gasteiger partial charge in [0.1, 0.15) is 0 Å². The fraction of sp³-hybridized carbons (Fsp3) is 0.727. The van der Waals surface area contributed by atoms with Crippen molar-refractivity contribution >= 4 is 22.6 Å². The van der Waals surface area contributed by atoms with E-state index < -0.39 is 0 Å². The number of nitrogens with zero attached hydrogens (tertiary/aromatic N) is 3. The summed E-state index contributed by atoms with van der Waals surface area (Å²) in [6.07, 6.45) is 2.74. The summed E-state index contributed by atoms with van der Waals surface area (Å²) in [6, 6.07) is 0. The molecule has 4 heteroatoms. The predicted molar refractivity (Wildman–Crippen MR) is 70.1 cm³/mol. The molecule has 1 aliphatic rings. The molecule has 0 aromatic carbocycles. The normalized spacial score (nSPS) is 17.5. The van der Waals surface area contributed by atoms with Gasteiger partial charge >= 0.3 is 0 Å². The number of likely N-dealkylation sites (tertiary alicyclic amines) is 1. The van der Waals surface area contributed by atoms with Gasteiger partial charge in [0.25, 0.3) is 0 Å². The lowest BCUT2D eigenvalue weighted by Crippen LogP contribution is -2.24. The predicted octanol–water partition coefficient (Wildman–Crippen LogP) is 2.20. The lowest BCUT2D eigenvalue weighted by molar-refractivity contribution is 0.314. The van der Waals surface area contributed by atoms with Gasteiger partial charge in [-0.15, -0.1) is 0 Å². The van der Waals surface area contributed by atoms with Gasteiger partial charge in [-0.1, -0.05) is 0 Å². The van der Waals surface area contributed by atoms with Crippen LogP contribution in [0, 0.1) is 17.4 Å². The van der Waals surface area contributed by atoms with Crippen LogP contribution < -0.4 is 0 Å². The highest BCUT2D eigenvalue weighted by Gasteiger charge is 2.13. The molecule has 0 spiro atoms. The third kappa shape index (κ3) is 2.53. The molecule has 0 atom stereocenters. The molecule has 1 aliphatic heterocycles. The summed E-state index contributed by atoms with van der Waals surface area (Å²) < 4.78 is 3.46. The number of halogens is 1. The highest BCUT2D eigenvalue weighted by atomic mass is 127. The molecular formula is C11H18IN3. The first-order chi connectivity index (χ1) is 7.18. The van der Waals surface area contributed by atoms with Gasteiger partial charge in [0, 0.05) is 12.2 Å². The number of aryl methyl sites for hydroxylation is 1. The van der Waals surface area contributed by atoms with E-state index in [-0.39, 0.29) is 0 Å². The van der Waals surface area contributed by atoms with E-state index in [0.29, 0.717) is 0 Å². The Kier molecular flexibility index (Phi) is 3.66. The van der Waals surface area contributed by atoms with Crippen LogP contribution in [0.1, 0.15) is 24.2 Å². The van der Waals surface area contributed by atoms with Crippen molar-refractivity contribution in [1.82, 2.24) is 14.7 Å². The zero-order valence-corrected chi connectivity index (χ0v) is 11.6. The Hall–Kier alpha value is -0.100. The Bertz CT molecular complexity index is 340. The fourth-order valence-electron chi connectivity index (χ4n) is 2.14. The summed E-state index contributed by atoms with van der Waals surface area (Å²) in [5.74, 6) is 0. The second-order valence-electron chi connectivity index (χ2n) is 4.26. The van der Waals surface area contributed by atoms with Gasteiger partial charge in [0.15, 0.2) is 0 Å². The fourth-order valence-corrected chi connectivity index (χ4v) is 2.52. The van der Waals surface area contributed by atoms with Gasteiger partial charge in [0.2, 0.25) is 0 Å². The maximum Gasteiger partial charge on any atom is 0.0729 e. The smallest absolute Gasteiger partial charge is 0.0729 e.